The van der Waals surface area contributed by atoms with E-state index in [1.54, 1.807) is 7.11 Å². The van der Waals surface area contributed by atoms with Gasteiger partial charge in [0.05, 0.1) is 20.0 Å². The summed E-state index contributed by atoms with van der Waals surface area (Å²) in [5.41, 5.74) is 3.62. The summed E-state index contributed by atoms with van der Waals surface area (Å²) in [4.78, 5) is 36.6. The fourth-order valence-electron chi connectivity index (χ4n) is 4.31. The molecule has 0 radical (unpaired) electrons. The highest BCUT2D eigenvalue weighted by Gasteiger charge is 2.28. The number of aryl methyl sites for hydroxylation is 2. The van der Waals surface area contributed by atoms with Gasteiger partial charge in [0, 0.05) is 42.0 Å². The highest BCUT2D eigenvalue weighted by Crippen LogP contribution is 2.27. The molecule has 0 unspecified atom stereocenters. The van der Waals surface area contributed by atoms with Gasteiger partial charge < -0.3 is 15.0 Å². The molecule has 1 aliphatic carbocycles. The van der Waals surface area contributed by atoms with E-state index >= 15 is 0 Å². The van der Waals surface area contributed by atoms with Crippen molar-refractivity contribution < 1.29 is 14.3 Å². The van der Waals surface area contributed by atoms with E-state index in [2.05, 4.69) is 5.32 Å². The number of carbonyl (C=O) groups is 2. The van der Waals surface area contributed by atoms with Crippen LogP contribution in [0.2, 0.25) is 0 Å². The van der Waals surface area contributed by atoms with Crippen molar-refractivity contribution in [3.63, 3.8) is 0 Å². The number of hydrogen-bond acceptors (Lipinski definition) is 5. The average Bonchev–Trinajstić information content (AvgIpc) is 3.60. The van der Waals surface area contributed by atoms with E-state index in [9.17, 15) is 9.59 Å². The lowest BCUT2D eigenvalue weighted by atomic mass is 9.95. The van der Waals surface area contributed by atoms with Crippen LogP contribution in [-0.4, -0.2) is 52.9 Å². The standard InChI is InChI=1S/C25H32N4O3/c1-16-22(14-23(30)28-20-8-9-20)17(2)27-25(26-16)19-5-4-12-29(15-19)24(31)13-18-6-10-21(32-3)11-7-18/h6-7,10-11,19-20H,4-5,8-9,12-15H2,1-3H3,(H,28,30)/t19-/m1/s1. The number of benzene rings is 1. The number of amides is 2. The maximum absolute atomic E-state index is 12.9. The largest absolute Gasteiger partial charge is 0.497 e. The SMILES string of the molecule is COc1ccc(CC(=O)N2CCC[C@@H](c3nc(C)c(CC(=O)NC4CC4)c(C)n3)C2)cc1. The Morgan fingerprint density at radius 1 is 1.06 bits per heavy atom. The van der Waals surface area contributed by atoms with Gasteiger partial charge in [-0.2, -0.15) is 0 Å². The lowest BCUT2D eigenvalue weighted by Gasteiger charge is -2.32. The van der Waals surface area contributed by atoms with E-state index in [1.807, 2.05) is 43.0 Å². The molecule has 2 heterocycles. The van der Waals surface area contributed by atoms with Gasteiger partial charge in [-0.05, 0) is 57.2 Å². The Bertz CT molecular complexity index is 962. The highest BCUT2D eigenvalue weighted by atomic mass is 16.5. The van der Waals surface area contributed by atoms with Gasteiger partial charge in [0.2, 0.25) is 11.8 Å². The van der Waals surface area contributed by atoms with Crippen LogP contribution < -0.4 is 10.1 Å². The minimum atomic E-state index is 0.0445. The number of likely N-dealkylation sites (tertiary alicyclic amines) is 1. The normalized spacial score (nSPS) is 18.3. The van der Waals surface area contributed by atoms with Crippen LogP contribution in [-0.2, 0) is 22.4 Å². The summed E-state index contributed by atoms with van der Waals surface area (Å²) < 4.78 is 5.19. The fraction of sp³-hybridized carbons (Fsp3) is 0.520. The second kappa shape index (κ2) is 9.67. The topological polar surface area (TPSA) is 84.4 Å². The van der Waals surface area contributed by atoms with Crippen molar-refractivity contribution in [1.82, 2.24) is 20.2 Å². The van der Waals surface area contributed by atoms with Crippen molar-refractivity contribution in [3.05, 3.63) is 52.6 Å². The van der Waals surface area contributed by atoms with E-state index in [4.69, 9.17) is 14.7 Å². The highest BCUT2D eigenvalue weighted by molar-refractivity contribution is 5.80. The van der Waals surface area contributed by atoms with Gasteiger partial charge in [0.1, 0.15) is 11.6 Å². The van der Waals surface area contributed by atoms with Gasteiger partial charge in [0.25, 0.3) is 0 Å². The number of rotatable bonds is 7. The fourth-order valence-corrected chi connectivity index (χ4v) is 4.31. The number of nitrogens with zero attached hydrogens (tertiary/aromatic N) is 3. The van der Waals surface area contributed by atoms with Gasteiger partial charge in [-0.1, -0.05) is 12.1 Å². The molecule has 1 aromatic carbocycles. The summed E-state index contributed by atoms with van der Waals surface area (Å²) in [5, 5.41) is 3.03. The Morgan fingerprint density at radius 2 is 1.75 bits per heavy atom. The molecule has 1 aliphatic heterocycles. The first-order valence-electron chi connectivity index (χ1n) is 11.5. The predicted octanol–water partition coefficient (Wildman–Crippen LogP) is 2.87. The van der Waals surface area contributed by atoms with Crippen molar-refractivity contribution in [2.45, 2.75) is 64.3 Å². The molecule has 1 N–H and O–H groups in total. The molecule has 1 atom stereocenters. The van der Waals surface area contributed by atoms with Crippen LogP contribution in [0.4, 0.5) is 0 Å². The minimum absolute atomic E-state index is 0.0445. The molecular weight excluding hydrogens is 404 g/mol. The van der Waals surface area contributed by atoms with Crippen LogP contribution in [0.15, 0.2) is 24.3 Å². The second-order valence-electron chi connectivity index (χ2n) is 8.95. The number of hydrogen-bond donors (Lipinski definition) is 1. The zero-order valence-electron chi connectivity index (χ0n) is 19.2. The Balaban J connectivity index is 1.40. The Hall–Kier alpha value is -2.96. The second-order valence-corrected chi connectivity index (χ2v) is 8.95. The zero-order valence-corrected chi connectivity index (χ0v) is 19.2. The van der Waals surface area contributed by atoms with Crippen LogP contribution in [0, 0.1) is 13.8 Å². The monoisotopic (exact) mass is 436 g/mol. The first kappa shape index (κ1) is 22.2. The van der Waals surface area contributed by atoms with Crippen molar-refractivity contribution in [2.24, 2.45) is 0 Å². The van der Waals surface area contributed by atoms with Gasteiger partial charge in [-0.3, -0.25) is 9.59 Å². The number of carbonyl (C=O) groups excluding carboxylic acids is 2. The Morgan fingerprint density at radius 3 is 2.38 bits per heavy atom. The first-order chi connectivity index (χ1) is 15.4. The molecule has 7 nitrogen and oxygen atoms in total. The maximum Gasteiger partial charge on any atom is 0.227 e. The van der Waals surface area contributed by atoms with Crippen molar-refractivity contribution >= 4 is 11.8 Å². The third-order valence-electron chi connectivity index (χ3n) is 6.37. The summed E-state index contributed by atoms with van der Waals surface area (Å²) in [6, 6.07) is 7.99. The zero-order chi connectivity index (χ0) is 22.7. The van der Waals surface area contributed by atoms with Crippen LogP contribution in [0.25, 0.3) is 0 Å². The van der Waals surface area contributed by atoms with E-state index in [1.165, 1.54) is 0 Å². The van der Waals surface area contributed by atoms with Crippen molar-refractivity contribution in [1.29, 1.82) is 0 Å². The summed E-state index contributed by atoms with van der Waals surface area (Å²) in [5.74, 6) is 1.86. The quantitative estimate of drug-likeness (QED) is 0.722. The lowest BCUT2D eigenvalue weighted by Crippen LogP contribution is -2.40. The van der Waals surface area contributed by atoms with E-state index in [0.29, 0.717) is 25.4 Å². The predicted molar refractivity (Wildman–Crippen MR) is 122 cm³/mol. The molecule has 7 heteroatoms. The van der Waals surface area contributed by atoms with Crippen molar-refractivity contribution in [2.75, 3.05) is 20.2 Å². The van der Waals surface area contributed by atoms with E-state index in [0.717, 1.165) is 66.3 Å². The molecule has 2 amide bonds. The molecule has 1 aromatic heterocycles. The van der Waals surface area contributed by atoms with E-state index in [-0.39, 0.29) is 17.7 Å². The molecule has 4 rings (SSSR count). The number of piperidine rings is 1. The van der Waals surface area contributed by atoms with Gasteiger partial charge >= 0.3 is 0 Å². The number of nitrogens with one attached hydrogen (secondary N) is 1. The third-order valence-corrected chi connectivity index (χ3v) is 6.37. The molecular formula is C25H32N4O3. The number of ether oxygens (including phenoxy) is 1. The van der Waals surface area contributed by atoms with Gasteiger partial charge in [-0.15, -0.1) is 0 Å². The molecule has 0 spiro atoms. The Kier molecular flexibility index (Phi) is 6.72. The minimum Gasteiger partial charge on any atom is -0.497 e. The van der Waals surface area contributed by atoms with Crippen LogP contribution >= 0.6 is 0 Å². The van der Waals surface area contributed by atoms with Crippen LogP contribution in [0.5, 0.6) is 5.75 Å². The number of aromatic nitrogens is 2. The molecule has 170 valence electrons. The van der Waals surface area contributed by atoms with Gasteiger partial charge in [-0.25, -0.2) is 9.97 Å². The van der Waals surface area contributed by atoms with Crippen molar-refractivity contribution in [3.8, 4) is 5.75 Å². The average molecular weight is 437 g/mol. The summed E-state index contributed by atoms with van der Waals surface area (Å²) >= 11 is 0. The molecule has 0 bridgehead atoms. The molecule has 2 fully saturated rings. The third kappa shape index (κ3) is 5.44. The summed E-state index contributed by atoms with van der Waals surface area (Å²) in [7, 11) is 1.63. The van der Waals surface area contributed by atoms with E-state index < -0.39 is 0 Å². The molecule has 2 aliphatic rings. The number of methoxy groups -OCH3 is 1. The summed E-state index contributed by atoms with van der Waals surface area (Å²) in [6.07, 6.45) is 4.76. The van der Waals surface area contributed by atoms with Gasteiger partial charge in [0.15, 0.2) is 0 Å². The van der Waals surface area contributed by atoms with Crippen LogP contribution in [0.1, 0.15) is 59.9 Å². The summed E-state index contributed by atoms with van der Waals surface area (Å²) in [6.45, 7) is 5.30. The first-order valence-corrected chi connectivity index (χ1v) is 11.5. The molecule has 2 aromatic rings. The molecule has 32 heavy (non-hydrogen) atoms. The smallest absolute Gasteiger partial charge is 0.227 e. The molecule has 1 saturated carbocycles. The lowest BCUT2D eigenvalue weighted by molar-refractivity contribution is -0.131. The van der Waals surface area contributed by atoms with Crippen LogP contribution in [0.3, 0.4) is 0 Å². The maximum atomic E-state index is 12.9. The Labute approximate surface area is 189 Å². The molecule has 1 saturated heterocycles.